The third kappa shape index (κ3) is 2.71. The van der Waals surface area contributed by atoms with Gasteiger partial charge in [-0.05, 0) is 24.7 Å². The van der Waals surface area contributed by atoms with Crippen molar-refractivity contribution in [1.82, 2.24) is 10.2 Å². The molecule has 1 aliphatic heterocycles. The zero-order valence-electron chi connectivity index (χ0n) is 9.68. The van der Waals surface area contributed by atoms with Gasteiger partial charge < -0.3 is 5.32 Å². The Balaban J connectivity index is 1.75. The lowest BCUT2D eigenvalue weighted by molar-refractivity contribution is 0.166. The maximum absolute atomic E-state index is 3.61. The van der Waals surface area contributed by atoms with Gasteiger partial charge in [0.2, 0.25) is 0 Å². The molecule has 0 aromatic heterocycles. The molecule has 2 nitrogen and oxygen atoms in total. The summed E-state index contributed by atoms with van der Waals surface area (Å²) in [5, 5.41) is 3.61. The summed E-state index contributed by atoms with van der Waals surface area (Å²) in [6.45, 7) is 9.79. The van der Waals surface area contributed by atoms with Crippen LogP contribution in [0.2, 0.25) is 0 Å². The average molecular weight is 196 g/mol. The van der Waals surface area contributed by atoms with Gasteiger partial charge in [0.15, 0.2) is 0 Å². The van der Waals surface area contributed by atoms with Crippen molar-refractivity contribution in [3.05, 3.63) is 0 Å². The van der Waals surface area contributed by atoms with Gasteiger partial charge >= 0.3 is 0 Å². The monoisotopic (exact) mass is 196 g/mol. The lowest BCUT2D eigenvalue weighted by atomic mass is 10.1. The van der Waals surface area contributed by atoms with Gasteiger partial charge in [0.25, 0.3) is 0 Å². The highest BCUT2D eigenvalue weighted by atomic mass is 15.2. The normalized spacial score (nSPS) is 31.7. The molecular weight excluding hydrogens is 172 g/mol. The van der Waals surface area contributed by atoms with Crippen LogP contribution in [0, 0.1) is 5.41 Å². The number of piperazine rings is 1. The van der Waals surface area contributed by atoms with Gasteiger partial charge in [-0.2, -0.15) is 0 Å². The smallest absolute Gasteiger partial charge is 0.0195 e. The van der Waals surface area contributed by atoms with Gasteiger partial charge in [-0.15, -0.1) is 0 Å². The summed E-state index contributed by atoms with van der Waals surface area (Å²) < 4.78 is 0. The average Bonchev–Trinajstić information content (AvgIpc) is 2.84. The first-order chi connectivity index (χ1) is 6.72. The van der Waals surface area contributed by atoms with E-state index in [0.717, 1.165) is 6.04 Å². The largest absolute Gasteiger partial charge is 0.311 e. The zero-order valence-corrected chi connectivity index (χ0v) is 9.68. The van der Waals surface area contributed by atoms with Crippen molar-refractivity contribution in [3.63, 3.8) is 0 Å². The molecule has 1 N–H and O–H groups in total. The van der Waals surface area contributed by atoms with Crippen molar-refractivity contribution in [2.75, 3.05) is 26.2 Å². The summed E-state index contributed by atoms with van der Waals surface area (Å²) in [4.78, 5) is 2.67. The molecule has 1 heterocycles. The fourth-order valence-corrected chi connectivity index (χ4v) is 2.49. The van der Waals surface area contributed by atoms with E-state index in [1.54, 1.807) is 0 Å². The second kappa shape index (κ2) is 4.19. The first kappa shape index (κ1) is 10.4. The molecular formula is C12H24N2. The van der Waals surface area contributed by atoms with Gasteiger partial charge in [-0.25, -0.2) is 0 Å². The Bertz CT molecular complexity index is 185. The van der Waals surface area contributed by atoms with Crippen LogP contribution in [0.3, 0.4) is 0 Å². The summed E-state index contributed by atoms with van der Waals surface area (Å²) in [7, 11) is 0. The van der Waals surface area contributed by atoms with E-state index in [4.69, 9.17) is 0 Å². The molecule has 1 unspecified atom stereocenters. The van der Waals surface area contributed by atoms with Crippen LogP contribution < -0.4 is 5.32 Å². The minimum Gasteiger partial charge on any atom is -0.311 e. The van der Waals surface area contributed by atoms with E-state index in [-0.39, 0.29) is 0 Å². The number of hydrogen-bond donors (Lipinski definition) is 1. The van der Waals surface area contributed by atoms with E-state index >= 15 is 0 Å². The fraction of sp³-hybridized carbons (Fsp3) is 1.00. The maximum atomic E-state index is 3.61. The lowest BCUT2D eigenvalue weighted by Gasteiger charge is -2.35. The van der Waals surface area contributed by atoms with Crippen LogP contribution in [-0.4, -0.2) is 37.1 Å². The van der Waals surface area contributed by atoms with Gasteiger partial charge in [-0.3, -0.25) is 4.90 Å². The van der Waals surface area contributed by atoms with Crippen molar-refractivity contribution >= 4 is 0 Å². The third-order valence-corrected chi connectivity index (χ3v) is 3.69. The maximum Gasteiger partial charge on any atom is 0.0195 e. The van der Waals surface area contributed by atoms with Gasteiger partial charge in [0.05, 0.1) is 0 Å². The molecule has 0 spiro atoms. The van der Waals surface area contributed by atoms with Crippen LogP contribution in [0.15, 0.2) is 0 Å². The predicted octanol–water partition coefficient (Wildman–Crippen LogP) is 1.86. The Kier molecular flexibility index (Phi) is 3.13. The molecule has 14 heavy (non-hydrogen) atoms. The molecule has 0 amide bonds. The van der Waals surface area contributed by atoms with Crippen molar-refractivity contribution < 1.29 is 0 Å². The minimum atomic E-state index is 0.689. The highest BCUT2D eigenvalue weighted by Crippen LogP contribution is 2.45. The Hall–Kier alpha value is -0.0800. The molecule has 2 rings (SSSR count). The highest BCUT2D eigenvalue weighted by Gasteiger charge is 2.39. The first-order valence-corrected chi connectivity index (χ1v) is 6.18. The van der Waals surface area contributed by atoms with Gasteiger partial charge in [-0.1, -0.05) is 20.3 Å². The zero-order chi connectivity index (χ0) is 10.0. The fourth-order valence-electron chi connectivity index (χ4n) is 2.49. The molecule has 2 aliphatic rings. The van der Waals surface area contributed by atoms with Crippen molar-refractivity contribution in [2.24, 2.45) is 5.41 Å². The third-order valence-electron chi connectivity index (χ3n) is 3.69. The molecule has 1 saturated carbocycles. The van der Waals surface area contributed by atoms with Crippen LogP contribution >= 0.6 is 0 Å². The second-order valence-electron chi connectivity index (χ2n) is 5.49. The van der Waals surface area contributed by atoms with Crippen LogP contribution in [0.1, 0.15) is 39.5 Å². The summed E-state index contributed by atoms with van der Waals surface area (Å²) in [5.41, 5.74) is 0.689. The van der Waals surface area contributed by atoms with Crippen LogP contribution in [0.25, 0.3) is 0 Å². The lowest BCUT2D eigenvalue weighted by Crippen LogP contribution is -2.51. The number of hydrogen-bond acceptors (Lipinski definition) is 2. The molecule has 2 fully saturated rings. The second-order valence-corrected chi connectivity index (χ2v) is 5.49. The Morgan fingerprint density at radius 2 is 2.21 bits per heavy atom. The molecule has 1 saturated heterocycles. The SMILES string of the molecule is CCCC1CN(CC2(C)CC2)CCN1. The molecule has 0 aromatic carbocycles. The summed E-state index contributed by atoms with van der Waals surface area (Å²) in [5.74, 6) is 0. The topological polar surface area (TPSA) is 15.3 Å². The Morgan fingerprint density at radius 1 is 1.43 bits per heavy atom. The van der Waals surface area contributed by atoms with E-state index < -0.39 is 0 Å². The molecule has 2 heteroatoms. The van der Waals surface area contributed by atoms with Crippen molar-refractivity contribution in [3.8, 4) is 0 Å². The summed E-state index contributed by atoms with van der Waals surface area (Å²) >= 11 is 0. The van der Waals surface area contributed by atoms with Crippen LogP contribution in [-0.2, 0) is 0 Å². The number of nitrogens with one attached hydrogen (secondary N) is 1. The van der Waals surface area contributed by atoms with Crippen molar-refractivity contribution in [1.29, 1.82) is 0 Å². The van der Waals surface area contributed by atoms with E-state index in [0.29, 0.717) is 5.41 Å². The van der Waals surface area contributed by atoms with E-state index in [1.807, 2.05) is 0 Å². The van der Waals surface area contributed by atoms with Gasteiger partial charge in [0.1, 0.15) is 0 Å². The number of nitrogens with zero attached hydrogens (tertiary/aromatic N) is 1. The molecule has 1 aliphatic carbocycles. The summed E-state index contributed by atoms with van der Waals surface area (Å²) in [6.07, 6.45) is 5.56. The first-order valence-electron chi connectivity index (χ1n) is 6.18. The molecule has 0 radical (unpaired) electrons. The van der Waals surface area contributed by atoms with Crippen molar-refractivity contribution in [2.45, 2.75) is 45.6 Å². The van der Waals surface area contributed by atoms with E-state index in [2.05, 4.69) is 24.1 Å². The summed E-state index contributed by atoms with van der Waals surface area (Å²) in [6, 6.07) is 0.760. The molecule has 0 aromatic rings. The number of rotatable bonds is 4. The predicted molar refractivity (Wildman–Crippen MR) is 60.5 cm³/mol. The quantitative estimate of drug-likeness (QED) is 0.738. The Labute approximate surface area is 88.1 Å². The Morgan fingerprint density at radius 3 is 2.86 bits per heavy atom. The van der Waals surface area contributed by atoms with Gasteiger partial charge in [0, 0.05) is 32.2 Å². The standard InChI is InChI=1S/C12H24N2/c1-3-4-11-9-14(8-7-13-11)10-12(2)5-6-12/h11,13H,3-10H2,1-2H3. The highest BCUT2D eigenvalue weighted by molar-refractivity contribution is 4.93. The van der Waals surface area contributed by atoms with E-state index in [1.165, 1.54) is 51.9 Å². The van der Waals surface area contributed by atoms with Crippen LogP contribution in [0.4, 0.5) is 0 Å². The molecule has 0 bridgehead atoms. The minimum absolute atomic E-state index is 0.689. The van der Waals surface area contributed by atoms with E-state index in [9.17, 15) is 0 Å². The van der Waals surface area contributed by atoms with Crippen LogP contribution in [0.5, 0.6) is 0 Å². The molecule has 1 atom stereocenters. The molecule has 82 valence electrons.